The molecule has 2 aromatic rings. The highest BCUT2D eigenvalue weighted by Gasteiger charge is 2.01. The Balaban J connectivity index is 0.000000612. The molecule has 4 heteroatoms. The number of hydrogen-bond acceptors (Lipinski definition) is 4. The van der Waals surface area contributed by atoms with E-state index in [0.29, 0.717) is 6.61 Å². The lowest BCUT2D eigenvalue weighted by atomic mass is 10.2. The zero-order valence-electron chi connectivity index (χ0n) is 12.4. The summed E-state index contributed by atoms with van der Waals surface area (Å²) in [5.41, 5.74) is 2.20. The number of hydrogen-bond donors (Lipinski definition) is 0. The molecule has 2 rings (SSSR count). The summed E-state index contributed by atoms with van der Waals surface area (Å²) in [6.07, 6.45) is 3.52. The molecule has 0 fully saturated rings. The van der Waals surface area contributed by atoms with Gasteiger partial charge in [0.15, 0.2) is 0 Å². The van der Waals surface area contributed by atoms with E-state index in [1.54, 1.807) is 33.7 Å². The maximum absolute atomic E-state index is 5.68. The van der Waals surface area contributed by atoms with E-state index >= 15 is 0 Å². The second-order valence-corrected chi connectivity index (χ2v) is 4.18. The van der Waals surface area contributed by atoms with Gasteiger partial charge in [-0.2, -0.15) is 0 Å². The van der Waals surface area contributed by atoms with Crippen LogP contribution >= 0.6 is 0 Å². The van der Waals surface area contributed by atoms with Crippen LogP contribution in [0.5, 0.6) is 11.5 Å². The summed E-state index contributed by atoms with van der Waals surface area (Å²) in [5, 5.41) is 0. The highest BCUT2D eigenvalue weighted by molar-refractivity contribution is 5.39. The van der Waals surface area contributed by atoms with Crippen molar-refractivity contribution < 1.29 is 14.2 Å². The quantitative estimate of drug-likeness (QED) is 0.859. The lowest BCUT2D eigenvalue weighted by molar-refractivity contribution is 0.277. The van der Waals surface area contributed by atoms with E-state index in [9.17, 15) is 0 Å². The van der Waals surface area contributed by atoms with E-state index in [1.807, 2.05) is 37.3 Å². The standard InChI is InChI=1S/C14H15NO2.C2H6O/c1-11-3-4-13(9-14(11)16-2)17-10-12-5-7-15-8-6-12;1-3-2/h3-9H,10H2,1-2H3;1-2H3. The number of pyridine rings is 1. The fourth-order valence-electron chi connectivity index (χ4n) is 1.54. The molecule has 0 radical (unpaired) electrons. The smallest absolute Gasteiger partial charge is 0.125 e. The molecular formula is C16H21NO3. The Hall–Kier alpha value is -2.07. The van der Waals surface area contributed by atoms with Crippen molar-refractivity contribution in [3.05, 3.63) is 53.9 Å². The van der Waals surface area contributed by atoms with Crippen molar-refractivity contribution in [3.63, 3.8) is 0 Å². The summed E-state index contributed by atoms with van der Waals surface area (Å²) in [7, 11) is 4.91. The van der Waals surface area contributed by atoms with Crippen LogP contribution in [0.1, 0.15) is 11.1 Å². The van der Waals surface area contributed by atoms with E-state index in [4.69, 9.17) is 9.47 Å². The van der Waals surface area contributed by atoms with Gasteiger partial charge in [0.1, 0.15) is 18.1 Å². The van der Waals surface area contributed by atoms with Crippen molar-refractivity contribution in [2.24, 2.45) is 0 Å². The largest absolute Gasteiger partial charge is 0.496 e. The Kier molecular flexibility index (Phi) is 7.14. The first-order chi connectivity index (χ1) is 9.71. The Morgan fingerprint density at radius 1 is 1.00 bits per heavy atom. The zero-order valence-corrected chi connectivity index (χ0v) is 12.4. The first-order valence-electron chi connectivity index (χ1n) is 6.27. The number of aromatic nitrogens is 1. The van der Waals surface area contributed by atoms with Gasteiger partial charge in [-0.25, -0.2) is 0 Å². The second kappa shape index (κ2) is 8.93. The highest BCUT2D eigenvalue weighted by atomic mass is 16.5. The van der Waals surface area contributed by atoms with E-state index in [0.717, 1.165) is 22.6 Å². The molecule has 0 N–H and O–H groups in total. The molecule has 0 aliphatic heterocycles. The molecule has 0 aliphatic carbocycles. The van der Waals surface area contributed by atoms with Crippen LogP contribution in [0.25, 0.3) is 0 Å². The molecule has 4 nitrogen and oxygen atoms in total. The van der Waals surface area contributed by atoms with Gasteiger partial charge in [0.05, 0.1) is 7.11 Å². The lowest BCUT2D eigenvalue weighted by Crippen LogP contribution is -1.96. The molecule has 0 bridgehead atoms. The molecule has 0 amide bonds. The summed E-state index contributed by atoms with van der Waals surface area (Å²) in [6.45, 7) is 2.54. The molecule has 1 heterocycles. The molecule has 0 aliphatic rings. The normalized spacial score (nSPS) is 9.40. The van der Waals surface area contributed by atoms with Crippen LogP contribution in [0.3, 0.4) is 0 Å². The Morgan fingerprint density at radius 3 is 2.25 bits per heavy atom. The van der Waals surface area contributed by atoms with Crippen LogP contribution < -0.4 is 9.47 Å². The minimum atomic E-state index is 0.536. The average Bonchev–Trinajstić information content (AvgIpc) is 2.48. The minimum absolute atomic E-state index is 0.536. The van der Waals surface area contributed by atoms with Gasteiger partial charge in [0, 0.05) is 32.7 Å². The van der Waals surface area contributed by atoms with Crippen LogP contribution in [0, 0.1) is 6.92 Å². The van der Waals surface area contributed by atoms with Crippen molar-refractivity contribution >= 4 is 0 Å². The van der Waals surface area contributed by atoms with Gasteiger partial charge >= 0.3 is 0 Å². The van der Waals surface area contributed by atoms with Crippen molar-refractivity contribution in [2.45, 2.75) is 13.5 Å². The molecule has 0 saturated carbocycles. The predicted octanol–water partition coefficient (Wildman–Crippen LogP) is 3.24. The number of rotatable bonds is 4. The third-order valence-electron chi connectivity index (χ3n) is 2.53. The number of benzene rings is 1. The third kappa shape index (κ3) is 5.28. The first-order valence-corrected chi connectivity index (χ1v) is 6.27. The van der Waals surface area contributed by atoms with Crippen molar-refractivity contribution in [2.75, 3.05) is 21.3 Å². The monoisotopic (exact) mass is 275 g/mol. The van der Waals surface area contributed by atoms with E-state index < -0.39 is 0 Å². The van der Waals surface area contributed by atoms with Crippen LogP contribution in [-0.4, -0.2) is 26.3 Å². The van der Waals surface area contributed by atoms with Crippen molar-refractivity contribution in [1.82, 2.24) is 4.98 Å². The van der Waals surface area contributed by atoms with Gasteiger partial charge in [-0.3, -0.25) is 4.98 Å². The summed E-state index contributed by atoms with van der Waals surface area (Å²) >= 11 is 0. The third-order valence-corrected chi connectivity index (χ3v) is 2.53. The molecule has 0 saturated heterocycles. The van der Waals surface area contributed by atoms with E-state index in [-0.39, 0.29) is 0 Å². The molecule has 0 spiro atoms. The molecule has 0 atom stereocenters. The van der Waals surface area contributed by atoms with Gasteiger partial charge < -0.3 is 14.2 Å². The summed E-state index contributed by atoms with van der Waals surface area (Å²) in [4.78, 5) is 3.96. The summed E-state index contributed by atoms with van der Waals surface area (Å²) in [6, 6.07) is 9.70. The van der Waals surface area contributed by atoms with Gasteiger partial charge in [0.2, 0.25) is 0 Å². The number of methoxy groups -OCH3 is 2. The fourth-order valence-corrected chi connectivity index (χ4v) is 1.54. The van der Waals surface area contributed by atoms with Crippen LogP contribution in [0.15, 0.2) is 42.7 Å². The zero-order chi connectivity index (χ0) is 14.8. The average molecular weight is 275 g/mol. The topological polar surface area (TPSA) is 40.6 Å². The first kappa shape index (κ1) is 16.0. The van der Waals surface area contributed by atoms with Crippen molar-refractivity contribution in [1.29, 1.82) is 0 Å². The van der Waals surface area contributed by atoms with Gasteiger partial charge in [-0.05, 0) is 36.2 Å². The number of aryl methyl sites for hydroxylation is 1. The molecule has 0 unspecified atom stereocenters. The molecule has 1 aromatic heterocycles. The van der Waals surface area contributed by atoms with E-state index in [2.05, 4.69) is 9.72 Å². The van der Waals surface area contributed by atoms with Crippen LogP contribution in [0.2, 0.25) is 0 Å². The van der Waals surface area contributed by atoms with Gasteiger partial charge in [0.25, 0.3) is 0 Å². The Morgan fingerprint density at radius 2 is 1.65 bits per heavy atom. The van der Waals surface area contributed by atoms with Gasteiger partial charge in [-0.15, -0.1) is 0 Å². The number of ether oxygens (including phenoxy) is 3. The van der Waals surface area contributed by atoms with Crippen LogP contribution in [0.4, 0.5) is 0 Å². The summed E-state index contributed by atoms with van der Waals surface area (Å²) < 4.78 is 15.2. The Labute approximate surface area is 120 Å². The summed E-state index contributed by atoms with van der Waals surface area (Å²) in [5.74, 6) is 1.65. The molecule has 1 aromatic carbocycles. The van der Waals surface area contributed by atoms with Crippen molar-refractivity contribution in [3.8, 4) is 11.5 Å². The van der Waals surface area contributed by atoms with Gasteiger partial charge in [-0.1, -0.05) is 6.07 Å². The number of nitrogens with zero attached hydrogens (tertiary/aromatic N) is 1. The maximum atomic E-state index is 5.68. The molecule has 20 heavy (non-hydrogen) atoms. The second-order valence-electron chi connectivity index (χ2n) is 4.18. The molecule has 108 valence electrons. The molecular weight excluding hydrogens is 254 g/mol. The van der Waals surface area contributed by atoms with E-state index in [1.165, 1.54) is 0 Å². The predicted molar refractivity (Wildman–Crippen MR) is 79.2 cm³/mol. The van der Waals surface area contributed by atoms with Crippen LogP contribution in [-0.2, 0) is 11.3 Å². The minimum Gasteiger partial charge on any atom is -0.496 e. The maximum Gasteiger partial charge on any atom is 0.125 e. The Bertz CT molecular complexity index is 500. The SMILES string of the molecule is COC.COc1cc(OCc2ccncc2)ccc1C. The fraction of sp³-hybridized carbons (Fsp3) is 0.312. The lowest BCUT2D eigenvalue weighted by Gasteiger charge is -2.09. The highest BCUT2D eigenvalue weighted by Crippen LogP contribution is 2.24.